The maximum absolute atomic E-state index is 5.24. The van der Waals surface area contributed by atoms with Crippen molar-refractivity contribution < 1.29 is 4.74 Å². The molecule has 0 atom stereocenters. The number of benzene rings is 2. The van der Waals surface area contributed by atoms with Gasteiger partial charge in [-0.1, -0.05) is 61.2 Å². The summed E-state index contributed by atoms with van der Waals surface area (Å²) in [5, 5.41) is 10.2. The maximum atomic E-state index is 5.24. The third-order valence-corrected chi connectivity index (χ3v) is 5.75. The van der Waals surface area contributed by atoms with Crippen LogP contribution in [0, 0.1) is 6.92 Å². The lowest BCUT2D eigenvalue weighted by Crippen LogP contribution is -2.24. The van der Waals surface area contributed by atoms with E-state index in [9.17, 15) is 0 Å². The fraction of sp³-hybridized carbons (Fsp3) is 0.400. The topological polar surface area (TPSA) is 84.0 Å². The smallest absolute Gasteiger partial charge is 0.229 e. The second kappa shape index (κ2) is 10.8. The number of anilines is 3. The second-order valence-electron chi connectivity index (χ2n) is 8.33. The third kappa shape index (κ3) is 6.33. The van der Waals surface area contributed by atoms with Gasteiger partial charge in [0.1, 0.15) is 5.75 Å². The minimum Gasteiger partial charge on any atom is -0.497 e. The summed E-state index contributed by atoms with van der Waals surface area (Å²) in [5.74, 6) is 2.59. The molecule has 4 rings (SSSR count). The molecule has 2 aromatic carbocycles. The standard InChI is InChI=1S/C25H32N6O/c1-18-8-10-19(11-9-18)16-26-23-29-24(27-17-20-12-14-22(32-2)15-13-20)31-25(30-23)28-21-6-4-3-5-7-21/h8-15,21H,3-7,16-17H2,1-2H3,(H3,26,27,28,29,30,31). The molecule has 1 heterocycles. The maximum Gasteiger partial charge on any atom is 0.229 e. The Morgan fingerprint density at radius 1 is 0.750 bits per heavy atom. The number of aryl methyl sites for hydroxylation is 1. The molecule has 1 aromatic heterocycles. The van der Waals surface area contributed by atoms with Gasteiger partial charge in [-0.3, -0.25) is 0 Å². The molecule has 7 heteroatoms. The van der Waals surface area contributed by atoms with Crippen LogP contribution >= 0.6 is 0 Å². The van der Waals surface area contributed by atoms with Crippen LogP contribution in [0.5, 0.6) is 5.75 Å². The highest BCUT2D eigenvalue weighted by Crippen LogP contribution is 2.21. The first-order chi connectivity index (χ1) is 15.7. The van der Waals surface area contributed by atoms with Gasteiger partial charge in [0.15, 0.2) is 0 Å². The van der Waals surface area contributed by atoms with Crippen LogP contribution in [-0.4, -0.2) is 28.1 Å². The van der Waals surface area contributed by atoms with Crippen molar-refractivity contribution in [3.8, 4) is 5.75 Å². The van der Waals surface area contributed by atoms with Gasteiger partial charge in [-0.05, 0) is 43.0 Å². The highest BCUT2D eigenvalue weighted by molar-refractivity contribution is 5.44. The predicted octanol–water partition coefficient (Wildman–Crippen LogP) is 5.16. The monoisotopic (exact) mass is 432 g/mol. The Kier molecular flexibility index (Phi) is 7.38. The van der Waals surface area contributed by atoms with E-state index in [0.29, 0.717) is 37.0 Å². The number of nitrogens with one attached hydrogen (secondary N) is 3. The largest absolute Gasteiger partial charge is 0.497 e. The third-order valence-electron chi connectivity index (χ3n) is 5.75. The number of rotatable bonds is 9. The van der Waals surface area contributed by atoms with Crippen LogP contribution in [0.2, 0.25) is 0 Å². The number of ether oxygens (including phenoxy) is 1. The molecule has 0 bridgehead atoms. The molecular formula is C25H32N6O. The number of hydrogen-bond donors (Lipinski definition) is 3. The van der Waals surface area contributed by atoms with Gasteiger partial charge in [0.05, 0.1) is 7.11 Å². The minimum atomic E-state index is 0.422. The molecule has 0 unspecified atom stereocenters. The van der Waals surface area contributed by atoms with E-state index in [0.717, 1.165) is 24.2 Å². The Morgan fingerprint density at radius 3 is 1.84 bits per heavy atom. The van der Waals surface area contributed by atoms with Crippen LogP contribution in [0.15, 0.2) is 48.5 Å². The van der Waals surface area contributed by atoms with Gasteiger partial charge in [-0.15, -0.1) is 0 Å². The number of methoxy groups -OCH3 is 1. The van der Waals surface area contributed by atoms with Gasteiger partial charge in [0, 0.05) is 19.1 Å². The normalized spacial score (nSPS) is 14.1. The van der Waals surface area contributed by atoms with Crippen LogP contribution in [0.1, 0.15) is 48.8 Å². The molecule has 1 saturated carbocycles. The zero-order valence-corrected chi connectivity index (χ0v) is 18.9. The average molecular weight is 433 g/mol. The van der Waals surface area contributed by atoms with Crippen molar-refractivity contribution in [1.29, 1.82) is 0 Å². The van der Waals surface area contributed by atoms with E-state index in [2.05, 4.69) is 62.1 Å². The van der Waals surface area contributed by atoms with Crippen LogP contribution in [0.25, 0.3) is 0 Å². The van der Waals surface area contributed by atoms with Gasteiger partial charge in [-0.2, -0.15) is 15.0 Å². The van der Waals surface area contributed by atoms with Crippen LogP contribution in [0.4, 0.5) is 17.8 Å². The molecule has 3 aromatic rings. The summed E-state index contributed by atoms with van der Waals surface area (Å²) in [6.45, 7) is 3.37. The highest BCUT2D eigenvalue weighted by Gasteiger charge is 2.15. The second-order valence-corrected chi connectivity index (χ2v) is 8.33. The number of aromatic nitrogens is 3. The Morgan fingerprint density at radius 2 is 1.28 bits per heavy atom. The molecule has 0 spiro atoms. The molecule has 0 aliphatic heterocycles. The summed E-state index contributed by atoms with van der Waals surface area (Å²) in [7, 11) is 1.67. The van der Waals surface area contributed by atoms with Gasteiger partial charge >= 0.3 is 0 Å². The molecule has 168 valence electrons. The van der Waals surface area contributed by atoms with Crippen LogP contribution in [0.3, 0.4) is 0 Å². The molecule has 1 fully saturated rings. The Bertz CT molecular complexity index is 984. The highest BCUT2D eigenvalue weighted by atomic mass is 16.5. The quantitative estimate of drug-likeness (QED) is 0.431. The summed E-state index contributed by atoms with van der Waals surface area (Å²) in [6.07, 6.45) is 6.14. The number of nitrogens with zero attached hydrogens (tertiary/aromatic N) is 3. The molecule has 3 N–H and O–H groups in total. The molecule has 0 amide bonds. The summed E-state index contributed by atoms with van der Waals surface area (Å²) in [5.41, 5.74) is 3.56. The summed E-state index contributed by atoms with van der Waals surface area (Å²) >= 11 is 0. The van der Waals surface area contributed by atoms with Crippen LogP contribution in [-0.2, 0) is 13.1 Å². The molecule has 32 heavy (non-hydrogen) atoms. The van der Waals surface area contributed by atoms with E-state index >= 15 is 0 Å². The molecule has 1 aliphatic rings. The minimum absolute atomic E-state index is 0.422. The van der Waals surface area contributed by atoms with E-state index < -0.39 is 0 Å². The van der Waals surface area contributed by atoms with Crippen molar-refractivity contribution in [1.82, 2.24) is 15.0 Å². The van der Waals surface area contributed by atoms with Crippen molar-refractivity contribution in [2.24, 2.45) is 0 Å². The molecule has 1 aliphatic carbocycles. The SMILES string of the molecule is COc1ccc(CNc2nc(NCc3ccc(C)cc3)nc(NC3CCCCC3)n2)cc1. The van der Waals surface area contributed by atoms with Crippen molar-refractivity contribution in [2.75, 3.05) is 23.1 Å². The molecule has 0 saturated heterocycles. The van der Waals surface area contributed by atoms with E-state index in [1.54, 1.807) is 7.11 Å². The Hall–Kier alpha value is -3.35. The first kappa shape index (κ1) is 21.9. The Labute approximate surface area is 190 Å². The fourth-order valence-electron chi connectivity index (χ4n) is 3.84. The van der Waals surface area contributed by atoms with Gasteiger partial charge in [-0.25, -0.2) is 0 Å². The van der Waals surface area contributed by atoms with Crippen molar-refractivity contribution in [3.63, 3.8) is 0 Å². The zero-order chi connectivity index (χ0) is 22.2. The van der Waals surface area contributed by atoms with E-state index in [-0.39, 0.29) is 0 Å². The van der Waals surface area contributed by atoms with Gasteiger partial charge in [0.2, 0.25) is 17.8 Å². The van der Waals surface area contributed by atoms with Crippen molar-refractivity contribution >= 4 is 17.8 Å². The van der Waals surface area contributed by atoms with Gasteiger partial charge < -0.3 is 20.7 Å². The van der Waals surface area contributed by atoms with E-state index in [4.69, 9.17) is 4.74 Å². The average Bonchev–Trinajstić information content (AvgIpc) is 2.83. The summed E-state index contributed by atoms with van der Waals surface area (Å²) in [4.78, 5) is 13.9. The lowest BCUT2D eigenvalue weighted by Gasteiger charge is -2.23. The molecular weight excluding hydrogens is 400 g/mol. The van der Waals surface area contributed by atoms with Gasteiger partial charge in [0.25, 0.3) is 0 Å². The summed E-state index contributed by atoms with van der Waals surface area (Å²) < 4.78 is 5.24. The lowest BCUT2D eigenvalue weighted by molar-refractivity contribution is 0.414. The van der Waals surface area contributed by atoms with Crippen molar-refractivity contribution in [2.45, 2.75) is 58.2 Å². The fourth-order valence-corrected chi connectivity index (χ4v) is 3.84. The van der Waals surface area contributed by atoms with Crippen molar-refractivity contribution in [3.05, 3.63) is 65.2 Å². The van der Waals surface area contributed by atoms with E-state index in [1.165, 1.54) is 30.4 Å². The molecule has 7 nitrogen and oxygen atoms in total. The predicted molar refractivity (Wildman–Crippen MR) is 129 cm³/mol. The molecule has 0 radical (unpaired) electrons. The lowest BCUT2D eigenvalue weighted by atomic mass is 9.96. The Balaban J connectivity index is 1.46. The number of hydrogen-bond acceptors (Lipinski definition) is 7. The first-order valence-corrected chi connectivity index (χ1v) is 11.4. The summed E-state index contributed by atoms with van der Waals surface area (Å²) in [6, 6.07) is 16.9. The zero-order valence-electron chi connectivity index (χ0n) is 18.9. The van der Waals surface area contributed by atoms with Crippen LogP contribution < -0.4 is 20.7 Å². The first-order valence-electron chi connectivity index (χ1n) is 11.4. The van der Waals surface area contributed by atoms with E-state index in [1.807, 2.05) is 24.3 Å².